The van der Waals surface area contributed by atoms with Crippen molar-refractivity contribution in [2.75, 3.05) is 5.32 Å². The fourth-order valence-electron chi connectivity index (χ4n) is 1.44. The lowest BCUT2D eigenvalue weighted by Gasteiger charge is -2.04. The third-order valence-electron chi connectivity index (χ3n) is 2.25. The average Bonchev–Trinajstić information content (AvgIpc) is 2.33. The van der Waals surface area contributed by atoms with Gasteiger partial charge >= 0.3 is 0 Å². The Morgan fingerprint density at radius 2 is 2.00 bits per heavy atom. The van der Waals surface area contributed by atoms with Gasteiger partial charge in [-0.1, -0.05) is 12.1 Å². The van der Waals surface area contributed by atoms with Crippen LogP contribution in [0.5, 0.6) is 0 Å². The third kappa shape index (κ3) is 3.60. The first kappa shape index (κ1) is 11.7. The minimum Gasteiger partial charge on any atom is -0.324 e. The van der Waals surface area contributed by atoms with Crippen molar-refractivity contribution < 1.29 is 4.79 Å². The van der Waals surface area contributed by atoms with Gasteiger partial charge in [0.15, 0.2) is 0 Å². The van der Waals surface area contributed by atoms with Gasteiger partial charge in [0, 0.05) is 11.1 Å². The van der Waals surface area contributed by atoms with E-state index in [-0.39, 0.29) is 5.91 Å². The fourth-order valence-corrected chi connectivity index (χ4v) is 1.59. The molecule has 1 heterocycles. The number of amides is 1. The molecule has 2 aromatic rings. The molecule has 3 nitrogen and oxygen atoms in total. The van der Waals surface area contributed by atoms with Crippen LogP contribution in [0.25, 0.3) is 0 Å². The van der Waals surface area contributed by atoms with Crippen molar-refractivity contribution in [1.29, 1.82) is 0 Å². The highest BCUT2D eigenvalue weighted by Crippen LogP contribution is 2.09. The molecule has 0 unspecified atom stereocenters. The molecule has 0 fully saturated rings. The zero-order chi connectivity index (χ0) is 12.1. The lowest BCUT2D eigenvalue weighted by molar-refractivity contribution is -0.115. The largest absolute Gasteiger partial charge is 0.324 e. The number of hydrogen-bond acceptors (Lipinski definition) is 3. The van der Waals surface area contributed by atoms with Gasteiger partial charge < -0.3 is 5.32 Å². The minimum absolute atomic E-state index is 0.0510. The summed E-state index contributed by atoms with van der Waals surface area (Å²) in [6, 6.07) is 11.1. The van der Waals surface area contributed by atoms with Crippen LogP contribution in [-0.4, -0.2) is 10.9 Å². The number of rotatable bonds is 3. The van der Waals surface area contributed by atoms with Crippen molar-refractivity contribution in [2.24, 2.45) is 0 Å². The molecule has 1 amide bonds. The number of carbonyl (C=O) groups is 1. The van der Waals surface area contributed by atoms with Crippen molar-refractivity contribution in [1.82, 2.24) is 4.98 Å². The van der Waals surface area contributed by atoms with E-state index in [1.54, 1.807) is 18.5 Å². The standard InChI is InChI=1S/C13H12N2OS/c16-13(15-11-2-1-7-14-9-11)8-10-3-5-12(17)6-4-10/h1-7,9,17H,8H2,(H,15,16). The lowest BCUT2D eigenvalue weighted by Crippen LogP contribution is -2.14. The van der Waals surface area contributed by atoms with Crippen molar-refractivity contribution in [3.63, 3.8) is 0 Å². The number of benzene rings is 1. The van der Waals surface area contributed by atoms with Gasteiger partial charge in [-0.15, -0.1) is 12.6 Å². The molecule has 0 radical (unpaired) electrons. The SMILES string of the molecule is O=C(Cc1ccc(S)cc1)Nc1cccnc1. The lowest BCUT2D eigenvalue weighted by atomic mass is 10.1. The fraction of sp³-hybridized carbons (Fsp3) is 0.0769. The van der Waals surface area contributed by atoms with Crippen LogP contribution in [0.4, 0.5) is 5.69 Å². The van der Waals surface area contributed by atoms with Crippen molar-refractivity contribution in [2.45, 2.75) is 11.3 Å². The van der Waals surface area contributed by atoms with Gasteiger partial charge in [-0.25, -0.2) is 0 Å². The number of nitrogens with zero attached hydrogens (tertiary/aromatic N) is 1. The van der Waals surface area contributed by atoms with E-state index >= 15 is 0 Å². The molecule has 4 heteroatoms. The van der Waals surface area contributed by atoms with E-state index in [9.17, 15) is 4.79 Å². The first-order chi connectivity index (χ1) is 8.24. The normalized spacial score (nSPS) is 9.94. The number of hydrogen-bond donors (Lipinski definition) is 2. The highest BCUT2D eigenvalue weighted by molar-refractivity contribution is 7.80. The van der Waals surface area contributed by atoms with Gasteiger partial charge in [0.1, 0.15) is 0 Å². The zero-order valence-corrected chi connectivity index (χ0v) is 10.0. The van der Waals surface area contributed by atoms with Crippen LogP contribution in [-0.2, 0) is 11.2 Å². The summed E-state index contributed by atoms with van der Waals surface area (Å²) in [6.45, 7) is 0. The first-order valence-corrected chi connectivity index (χ1v) is 5.66. The van der Waals surface area contributed by atoms with Crippen LogP contribution in [0.3, 0.4) is 0 Å². The Kier molecular flexibility index (Phi) is 3.77. The number of aromatic nitrogens is 1. The molecule has 0 aliphatic rings. The van der Waals surface area contributed by atoms with E-state index in [0.717, 1.165) is 10.5 Å². The van der Waals surface area contributed by atoms with Crippen LogP contribution in [0.1, 0.15) is 5.56 Å². The van der Waals surface area contributed by atoms with Gasteiger partial charge in [0.05, 0.1) is 18.3 Å². The molecule has 1 N–H and O–H groups in total. The van der Waals surface area contributed by atoms with Gasteiger partial charge in [-0.05, 0) is 29.8 Å². The summed E-state index contributed by atoms with van der Waals surface area (Å²) in [7, 11) is 0. The Morgan fingerprint density at radius 3 is 2.65 bits per heavy atom. The van der Waals surface area contributed by atoms with E-state index in [1.807, 2.05) is 30.3 Å². The maximum absolute atomic E-state index is 11.7. The van der Waals surface area contributed by atoms with Crippen LogP contribution in [0.2, 0.25) is 0 Å². The Bertz CT molecular complexity index is 497. The van der Waals surface area contributed by atoms with Crippen LogP contribution < -0.4 is 5.32 Å². The van der Waals surface area contributed by atoms with Crippen molar-refractivity contribution in [3.8, 4) is 0 Å². The zero-order valence-electron chi connectivity index (χ0n) is 9.13. The van der Waals surface area contributed by atoms with E-state index in [2.05, 4.69) is 22.9 Å². The number of anilines is 1. The van der Waals surface area contributed by atoms with Gasteiger partial charge in [-0.3, -0.25) is 9.78 Å². The van der Waals surface area contributed by atoms with E-state index < -0.39 is 0 Å². The summed E-state index contributed by atoms with van der Waals surface area (Å²) in [4.78, 5) is 16.5. The molecular formula is C13H12N2OS. The second kappa shape index (κ2) is 5.50. The van der Waals surface area contributed by atoms with Crippen LogP contribution >= 0.6 is 12.6 Å². The number of thiol groups is 1. The Hall–Kier alpha value is -1.81. The monoisotopic (exact) mass is 244 g/mol. The van der Waals surface area contributed by atoms with Crippen molar-refractivity contribution in [3.05, 3.63) is 54.4 Å². The number of nitrogens with one attached hydrogen (secondary N) is 1. The molecule has 0 bridgehead atoms. The highest BCUT2D eigenvalue weighted by atomic mass is 32.1. The number of pyridine rings is 1. The summed E-state index contributed by atoms with van der Waals surface area (Å²) < 4.78 is 0. The molecule has 2 rings (SSSR count). The molecule has 0 spiro atoms. The predicted molar refractivity (Wildman–Crippen MR) is 70.3 cm³/mol. The van der Waals surface area contributed by atoms with Gasteiger partial charge in [0.2, 0.25) is 5.91 Å². The Morgan fingerprint density at radius 1 is 1.24 bits per heavy atom. The van der Waals surface area contributed by atoms with E-state index in [0.29, 0.717) is 12.1 Å². The van der Waals surface area contributed by atoms with E-state index in [4.69, 9.17) is 0 Å². The van der Waals surface area contributed by atoms with Gasteiger partial charge in [0.25, 0.3) is 0 Å². The average molecular weight is 244 g/mol. The van der Waals surface area contributed by atoms with E-state index in [1.165, 1.54) is 0 Å². The summed E-state index contributed by atoms with van der Waals surface area (Å²) in [6.07, 6.45) is 3.64. The van der Waals surface area contributed by atoms with Crippen molar-refractivity contribution >= 4 is 24.2 Å². The second-order valence-corrected chi connectivity index (χ2v) is 4.15. The summed E-state index contributed by atoms with van der Waals surface area (Å²) in [5.41, 5.74) is 1.67. The maximum Gasteiger partial charge on any atom is 0.228 e. The Labute approximate surface area is 105 Å². The molecule has 1 aromatic heterocycles. The third-order valence-corrected chi connectivity index (χ3v) is 2.54. The smallest absolute Gasteiger partial charge is 0.228 e. The quantitative estimate of drug-likeness (QED) is 0.815. The molecule has 86 valence electrons. The van der Waals surface area contributed by atoms with Crippen LogP contribution in [0, 0.1) is 0 Å². The molecule has 0 aliphatic carbocycles. The molecular weight excluding hydrogens is 232 g/mol. The maximum atomic E-state index is 11.7. The Balaban J connectivity index is 1.96. The second-order valence-electron chi connectivity index (χ2n) is 3.63. The molecule has 17 heavy (non-hydrogen) atoms. The van der Waals surface area contributed by atoms with Gasteiger partial charge in [-0.2, -0.15) is 0 Å². The number of carbonyl (C=O) groups excluding carboxylic acids is 1. The molecule has 1 aromatic carbocycles. The molecule has 0 aliphatic heterocycles. The molecule has 0 atom stereocenters. The predicted octanol–water partition coefficient (Wildman–Crippen LogP) is 2.55. The summed E-state index contributed by atoms with van der Waals surface area (Å²) in [5, 5.41) is 2.78. The summed E-state index contributed by atoms with van der Waals surface area (Å²) in [5.74, 6) is -0.0510. The molecule has 0 saturated carbocycles. The van der Waals surface area contributed by atoms with Crippen LogP contribution in [0.15, 0.2) is 53.7 Å². The first-order valence-electron chi connectivity index (χ1n) is 5.22. The molecule has 0 saturated heterocycles. The minimum atomic E-state index is -0.0510. The topological polar surface area (TPSA) is 42.0 Å². The summed E-state index contributed by atoms with van der Waals surface area (Å²) >= 11 is 4.19. The highest BCUT2D eigenvalue weighted by Gasteiger charge is 2.03.